The number of pyridine rings is 1. The van der Waals surface area contributed by atoms with Crippen LogP contribution in [0.2, 0.25) is 0 Å². The molecule has 0 saturated heterocycles. The Labute approximate surface area is 125 Å². The summed E-state index contributed by atoms with van der Waals surface area (Å²) in [5.74, 6) is -2.70. The first kappa shape index (κ1) is 15.4. The van der Waals surface area contributed by atoms with E-state index in [4.69, 9.17) is 0 Å². The third kappa shape index (κ3) is 4.53. The van der Waals surface area contributed by atoms with Gasteiger partial charge in [-0.15, -0.1) is 0 Å². The van der Waals surface area contributed by atoms with Gasteiger partial charge in [0.1, 0.15) is 0 Å². The maximum absolute atomic E-state index is 12.2. The molecule has 0 aliphatic carbocycles. The van der Waals surface area contributed by atoms with Crippen molar-refractivity contribution in [1.29, 1.82) is 0 Å². The first-order valence-corrected chi connectivity index (χ1v) is 7.20. The summed E-state index contributed by atoms with van der Waals surface area (Å²) in [7, 11) is 0. The van der Waals surface area contributed by atoms with Crippen molar-refractivity contribution in [1.82, 2.24) is 10.3 Å². The van der Waals surface area contributed by atoms with Crippen molar-refractivity contribution < 1.29 is 13.6 Å². The summed E-state index contributed by atoms with van der Waals surface area (Å²) < 4.78 is 24.4. The van der Waals surface area contributed by atoms with E-state index in [1.54, 1.807) is 24.5 Å². The zero-order valence-corrected chi connectivity index (χ0v) is 12.1. The Morgan fingerprint density at radius 2 is 1.76 bits per heavy atom. The van der Waals surface area contributed by atoms with Crippen LogP contribution in [0.4, 0.5) is 8.78 Å². The predicted molar refractivity (Wildman–Crippen MR) is 78.4 cm³/mol. The Bertz CT molecular complexity index is 590. The molecule has 0 radical (unpaired) electrons. The summed E-state index contributed by atoms with van der Waals surface area (Å²) in [6.45, 7) is 1.87. The number of carbonyl (C=O) groups is 1. The van der Waals surface area contributed by atoms with Crippen LogP contribution in [0.5, 0.6) is 0 Å². The first-order chi connectivity index (χ1) is 10.1. The lowest BCUT2D eigenvalue weighted by molar-refractivity contribution is 0.0940. The van der Waals surface area contributed by atoms with Crippen molar-refractivity contribution in [3.8, 4) is 0 Å². The summed E-state index contributed by atoms with van der Waals surface area (Å²) in [4.78, 5) is 16.4. The molecule has 0 aliphatic rings. The molecular formula is C15H14F2N2OS. The van der Waals surface area contributed by atoms with E-state index in [-0.39, 0.29) is 11.9 Å². The van der Waals surface area contributed by atoms with Crippen LogP contribution in [-0.4, -0.2) is 16.6 Å². The number of thioether (sulfide) groups is 1. The average Bonchev–Trinajstić information content (AvgIpc) is 2.48. The van der Waals surface area contributed by atoms with Crippen molar-refractivity contribution in [3.05, 3.63) is 59.9 Å². The molecule has 0 bridgehead atoms. The molecule has 1 atom stereocenters. The second-order valence-corrected chi connectivity index (χ2v) is 5.44. The third-order valence-electron chi connectivity index (χ3n) is 2.90. The Balaban J connectivity index is 2.00. The molecule has 1 aromatic carbocycles. The fourth-order valence-electron chi connectivity index (χ4n) is 1.80. The number of nitrogens with one attached hydrogen (secondary N) is 1. The Morgan fingerprint density at radius 1 is 1.14 bits per heavy atom. The molecule has 21 heavy (non-hydrogen) atoms. The molecule has 110 valence electrons. The summed E-state index contributed by atoms with van der Waals surface area (Å²) >= 11 is 0.458. The molecule has 0 saturated carbocycles. The molecule has 2 aromatic rings. The molecule has 1 heterocycles. The highest BCUT2D eigenvalue weighted by atomic mass is 32.2. The van der Waals surface area contributed by atoms with Crippen LogP contribution in [0.3, 0.4) is 0 Å². The molecule has 0 fully saturated rings. The van der Waals surface area contributed by atoms with Gasteiger partial charge in [0.25, 0.3) is 11.7 Å². The van der Waals surface area contributed by atoms with Gasteiger partial charge in [-0.05, 0) is 48.9 Å². The minimum atomic E-state index is -2.46. The number of hydrogen-bond donors (Lipinski definition) is 1. The maximum Gasteiger partial charge on any atom is 0.288 e. The maximum atomic E-state index is 12.2. The summed E-state index contributed by atoms with van der Waals surface area (Å²) in [5, 5.41) is 2.85. The van der Waals surface area contributed by atoms with Crippen LogP contribution >= 0.6 is 11.8 Å². The molecule has 6 heteroatoms. The number of halogens is 2. The van der Waals surface area contributed by atoms with E-state index >= 15 is 0 Å². The van der Waals surface area contributed by atoms with Crippen LogP contribution in [0.1, 0.15) is 28.9 Å². The minimum absolute atomic E-state index is 0.157. The van der Waals surface area contributed by atoms with E-state index in [2.05, 4.69) is 10.3 Å². The van der Waals surface area contributed by atoms with Crippen molar-refractivity contribution in [3.63, 3.8) is 0 Å². The number of alkyl halides is 2. The summed E-state index contributed by atoms with van der Waals surface area (Å²) in [5.41, 5.74) is 1.39. The average molecular weight is 308 g/mol. The number of amides is 1. The lowest BCUT2D eigenvalue weighted by Crippen LogP contribution is -2.26. The van der Waals surface area contributed by atoms with Gasteiger partial charge in [0, 0.05) is 22.9 Å². The molecule has 1 aromatic heterocycles. The van der Waals surface area contributed by atoms with Gasteiger partial charge in [0.15, 0.2) is 0 Å². The van der Waals surface area contributed by atoms with Crippen LogP contribution in [0.25, 0.3) is 0 Å². The van der Waals surface area contributed by atoms with Gasteiger partial charge in [-0.3, -0.25) is 9.78 Å². The quantitative estimate of drug-likeness (QED) is 0.852. The molecule has 3 nitrogen and oxygen atoms in total. The molecule has 1 amide bonds. The number of aromatic nitrogens is 1. The summed E-state index contributed by atoms with van der Waals surface area (Å²) in [6.07, 6.45) is 3.32. The van der Waals surface area contributed by atoms with Gasteiger partial charge in [-0.2, -0.15) is 8.78 Å². The number of carbonyl (C=O) groups excluding carboxylic acids is 1. The highest BCUT2D eigenvalue weighted by molar-refractivity contribution is 7.99. The van der Waals surface area contributed by atoms with Gasteiger partial charge >= 0.3 is 0 Å². The zero-order chi connectivity index (χ0) is 15.2. The largest absolute Gasteiger partial charge is 0.346 e. The first-order valence-electron chi connectivity index (χ1n) is 6.32. The normalized spacial score (nSPS) is 12.2. The van der Waals surface area contributed by atoms with E-state index in [0.29, 0.717) is 22.2 Å². The van der Waals surface area contributed by atoms with E-state index in [9.17, 15) is 13.6 Å². The Hall–Kier alpha value is -1.95. The van der Waals surface area contributed by atoms with Crippen molar-refractivity contribution in [2.24, 2.45) is 0 Å². The highest BCUT2D eigenvalue weighted by Crippen LogP contribution is 2.25. The van der Waals surface area contributed by atoms with Crippen molar-refractivity contribution in [2.45, 2.75) is 23.6 Å². The van der Waals surface area contributed by atoms with Crippen LogP contribution in [0.15, 0.2) is 53.7 Å². The molecule has 0 spiro atoms. The summed E-state index contributed by atoms with van der Waals surface area (Å²) in [6, 6.07) is 9.61. The van der Waals surface area contributed by atoms with E-state index in [1.165, 1.54) is 12.1 Å². The SMILES string of the molecule is C[C@H](NC(=O)c1ccc(SC(F)F)cc1)c1ccncc1. The monoisotopic (exact) mass is 308 g/mol. The molecule has 0 aliphatic heterocycles. The van der Waals surface area contributed by atoms with E-state index in [1.807, 2.05) is 19.1 Å². The molecular weight excluding hydrogens is 294 g/mol. The fraction of sp³-hybridized carbons (Fsp3) is 0.200. The highest BCUT2D eigenvalue weighted by Gasteiger charge is 2.12. The predicted octanol–water partition coefficient (Wildman–Crippen LogP) is 3.89. The molecule has 1 N–H and O–H groups in total. The zero-order valence-electron chi connectivity index (χ0n) is 11.3. The van der Waals surface area contributed by atoms with Gasteiger partial charge in [0.05, 0.1) is 6.04 Å². The standard InChI is InChI=1S/C15H14F2N2OS/c1-10(11-6-8-18-9-7-11)19-14(20)12-2-4-13(5-3-12)21-15(16)17/h2-10,15H,1H3,(H,19,20)/t10-/m0/s1. The van der Waals surface area contributed by atoms with Crippen molar-refractivity contribution >= 4 is 17.7 Å². The van der Waals surface area contributed by atoms with Crippen LogP contribution in [-0.2, 0) is 0 Å². The lowest BCUT2D eigenvalue weighted by atomic mass is 10.1. The van der Waals surface area contributed by atoms with Gasteiger partial charge < -0.3 is 5.32 Å². The third-order valence-corrected chi connectivity index (χ3v) is 3.62. The minimum Gasteiger partial charge on any atom is -0.346 e. The number of hydrogen-bond acceptors (Lipinski definition) is 3. The number of rotatable bonds is 5. The number of nitrogens with zero attached hydrogens (tertiary/aromatic N) is 1. The second kappa shape index (κ2) is 7.17. The van der Waals surface area contributed by atoms with E-state index < -0.39 is 5.76 Å². The van der Waals surface area contributed by atoms with Crippen molar-refractivity contribution in [2.75, 3.05) is 0 Å². The topological polar surface area (TPSA) is 42.0 Å². The number of benzene rings is 1. The van der Waals surface area contributed by atoms with Gasteiger partial charge in [-0.1, -0.05) is 11.8 Å². The van der Waals surface area contributed by atoms with E-state index in [0.717, 1.165) is 5.56 Å². The lowest BCUT2D eigenvalue weighted by Gasteiger charge is -2.14. The van der Waals surface area contributed by atoms with Crippen LogP contribution < -0.4 is 5.32 Å². The molecule has 2 rings (SSSR count). The van der Waals surface area contributed by atoms with Gasteiger partial charge in [-0.25, -0.2) is 0 Å². The van der Waals surface area contributed by atoms with Gasteiger partial charge in [0.2, 0.25) is 0 Å². The van der Waals surface area contributed by atoms with Crippen LogP contribution in [0, 0.1) is 0 Å². The smallest absolute Gasteiger partial charge is 0.288 e. The Kier molecular flexibility index (Phi) is 5.27. The molecule has 0 unspecified atom stereocenters. The Morgan fingerprint density at radius 3 is 2.33 bits per heavy atom. The second-order valence-electron chi connectivity index (χ2n) is 4.38. The fourth-order valence-corrected chi connectivity index (χ4v) is 2.30.